The highest BCUT2D eigenvalue weighted by Crippen LogP contribution is 2.33. The van der Waals surface area contributed by atoms with Gasteiger partial charge in [-0.2, -0.15) is 0 Å². The van der Waals surface area contributed by atoms with Gasteiger partial charge in [0, 0.05) is 11.1 Å². The van der Waals surface area contributed by atoms with Crippen LogP contribution in [-0.2, 0) is 11.3 Å². The zero-order valence-corrected chi connectivity index (χ0v) is 23.1. The summed E-state index contributed by atoms with van der Waals surface area (Å²) >= 11 is 7.30. The molecule has 0 aliphatic heterocycles. The Morgan fingerprint density at radius 2 is 1.66 bits per heavy atom. The summed E-state index contributed by atoms with van der Waals surface area (Å²) in [5, 5.41) is 3.81. The van der Waals surface area contributed by atoms with E-state index in [1.807, 2.05) is 31.2 Å². The Hall–Kier alpha value is -3.69. The van der Waals surface area contributed by atoms with Crippen LogP contribution < -0.4 is 25.1 Å². The van der Waals surface area contributed by atoms with E-state index in [1.54, 1.807) is 48.1 Å². The van der Waals surface area contributed by atoms with Crippen molar-refractivity contribution in [3.8, 4) is 17.2 Å². The van der Waals surface area contributed by atoms with Crippen LogP contribution in [0.25, 0.3) is 10.9 Å². The molecule has 8 nitrogen and oxygen atoms in total. The Morgan fingerprint density at radius 3 is 2.32 bits per heavy atom. The molecule has 0 aliphatic rings. The zero-order valence-electron chi connectivity index (χ0n) is 21.5. The number of thioether (sulfide) groups is 1. The number of nitrogens with one attached hydrogen (secondary N) is 1. The van der Waals surface area contributed by atoms with Crippen LogP contribution in [0, 0.1) is 0 Å². The number of hydrogen-bond acceptors (Lipinski definition) is 7. The quantitative estimate of drug-likeness (QED) is 0.201. The molecule has 10 heteroatoms. The molecule has 1 heterocycles. The van der Waals surface area contributed by atoms with Crippen LogP contribution >= 0.6 is 23.4 Å². The number of anilines is 1. The molecule has 198 valence electrons. The fraction of sp³-hybridized carbons (Fsp3) is 0.250. The molecule has 0 saturated heterocycles. The number of halogens is 1. The molecule has 0 bridgehead atoms. The fourth-order valence-corrected chi connectivity index (χ4v) is 5.08. The van der Waals surface area contributed by atoms with E-state index in [0.29, 0.717) is 50.4 Å². The smallest absolute Gasteiger partial charge is 0.262 e. The third-order valence-corrected chi connectivity index (χ3v) is 7.56. The molecule has 38 heavy (non-hydrogen) atoms. The Labute approximate surface area is 229 Å². The van der Waals surface area contributed by atoms with E-state index < -0.39 is 5.25 Å². The van der Waals surface area contributed by atoms with Gasteiger partial charge in [-0.15, -0.1) is 0 Å². The number of aromatic nitrogens is 2. The van der Waals surface area contributed by atoms with E-state index in [9.17, 15) is 9.59 Å². The van der Waals surface area contributed by atoms with Gasteiger partial charge in [0.1, 0.15) is 5.75 Å². The first kappa shape index (κ1) is 27.3. The molecule has 0 fully saturated rings. The van der Waals surface area contributed by atoms with Gasteiger partial charge in [0.15, 0.2) is 16.7 Å². The highest BCUT2D eigenvalue weighted by atomic mass is 35.5. The van der Waals surface area contributed by atoms with Crippen molar-refractivity contribution in [3.05, 3.63) is 81.6 Å². The lowest BCUT2D eigenvalue weighted by molar-refractivity contribution is -0.115. The fourth-order valence-electron chi connectivity index (χ4n) is 3.94. The minimum atomic E-state index is -0.527. The predicted octanol–water partition coefficient (Wildman–Crippen LogP) is 5.63. The summed E-state index contributed by atoms with van der Waals surface area (Å²) in [5.41, 5.74) is 1.63. The largest absolute Gasteiger partial charge is 0.495 e. The number of ether oxygens (including phenoxy) is 3. The topological polar surface area (TPSA) is 91.7 Å². The van der Waals surface area contributed by atoms with Crippen molar-refractivity contribution in [1.29, 1.82) is 0 Å². The van der Waals surface area contributed by atoms with Gasteiger partial charge < -0.3 is 19.5 Å². The maximum Gasteiger partial charge on any atom is 0.262 e. The highest BCUT2D eigenvalue weighted by molar-refractivity contribution is 8.00. The number of nitrogens with zero attached hydrogens (tertiary/aromatic N) is 2. The number of carbonyl (C=O) groups is 1. The van der Waals surface area contributed by atoms with E-state index in [2.05, 4.69) is 5.32 Å². The third kappa shape index (κ3) is 5.89. The Kier molecular flexibility index (Phi) is 8.81. The van der Waals surface area contributed by atoms with Crippen LogP contribution in [0.2, 0.25) is 5.02 Å². The molecule has 0 spiro atoms. The number of hydrogen-bond donors (Lipinski definition) is 1. The number of amides is 1. The molecular formula is C28H28ClN3O5S. The van der Waals surface area contributed by atoms with Gasteiger partial charge in [-0.1, -0.05) is 54.6 Å². The average molecular weight is 554 g/mol. The molecule has 1 atom stereocenters. The van der Waals surface area contributed by atoms with Gasteiger partial charge in [0.25, 0.3) is 5.56 Å². The Bertz CT molecular complexity index is 1510. The van der Waals surface area contributed by atoms with E-state index in [0.717, 1.165) is 5.56 Å². The van der Waals surface area contributed by atoms with Gasteiger partial charge in [-0.05, 0) is 42.3 Å². The second kappa shape index (κ2) is 12.2. The first-order valence-corrected chi connectivity index (χ1v) is 13.2. The number of carbonyl (C=O) groups excluding carboxylic acids is 1. The van der Waals surface area contributed by atoms with Crippen LogP contribution in [0.15, 0.2) is 70.6 Å². The average Bonchev–Trinajstić information content (AvgIpc) is 2.94. The number of rotatable bonds is 10. The molecule has 4 aromatic rings. The van der Waals surface area contributed by atoms with Crippen LogP contribution in [0.5, 0.6) is 17.2 Å². The van der Waals surface area contributed by atoms with Gasteiger partial charge in [0.05, 0.1) is 49.7 Å². The van der Waals surface area contributed by atoms with Crippen LogP contribution in [0.4, 0.5) is 5.69 Å². The van der Waals surface area contributed by atoms with E-state index in [-0.39, 0.29) is 18.0 Å². The van der Waals surface area contributed by atoms with Crippen molar-refractivity contribution in [1.82, 2.24) is 9.55 Å². The molecule has 1 aromatic heterocycles. The molecule has 0 aliphatic carbocycles. The molecule has 4 rings (SSSR count). The summed E-state index contributed by atoms with van der Waals surface area (Å²) in [7, 11) is 4.59. The molecule has 1 amide bonds. The number of fused-ring (bicyclic) bond motifs is 1. The minimum Gasteiger partial charge on any atom is -0.495 e. The SMILES string of the molecule is CCC(Sc1nc2cc(OC)c(OC)cc2c(=O)n1Cc1ccc(Cl)cc1)C(=O)Nc1ccccc1OC. The highest BCUT2D eigenvalue weighted by Gasteiger charge is 2.24. The molecule has 0 radical (unpaired) electrons. The second-order valence-electron chi connectivity index (χ2n) is 8.34. The summed E-state index contributed by atoms with van der Waals surface area (Å²) in [6.07, 6.45) is 0.506. The lowest BCUT2D eigenvalue weighted by Gasteiger charge is -2.19. The molecule has 1 N–H and O–H groups in total. The van der Waals surface area contributed by atoms with Crippen molar-refractivity contribution in [2.45, 2.75) is 30.3 Å². The predicted molar refractivity (Wildman–Crippen MR) is 151 cm³/mol. The molecule has 1 unspecified atom stereocenters. The van der Waals surface area contributed by atoms with Crippen LogP contribution in [0.3, 0.4) is 0 Å². The number of methoxy groups -OCH3 is 3. The summed E-state index contributed by atoms with van der Waals surface area (Å²) in [6, 6.07) is 17.8. The van der Waals surface area contributed by atoms with Crippen LogP contribution in [-0.4, -0.2) is 42.0 Å². The lowest BCUT2D eigenvalue weighted by atomic mass is 10.2. The maximum atomic E-state index is 13.8. The van der Waals surface area contributed by atoms with Gasteiger partial charge in [-0.3, -0.25) is 14.2 Å². The third-order valence-electron chi connectivity index (χ3n) is 5.95. The number of para-hydroxylation sites is 2. The van der Waals surface area contributed by atoms with Crippen molar-refractivity contribution in [2.24, 2.45) is 0 Å². The van der Waals surface area contributed by atoms with Gasteiger partial charge in [0.2, 0.25) is 5.91 Å². The van der Waals surface area contributed by atoms with Gasteiger partial charge in [-0.25, -0.2) is 4.98 Å². The van der Waals surface area contributed by atoms with E-state index in [4.69, 9.17) is 30.8 Å². The van der Waals surface area contributed by atoms with E-state index >= 15 is 0 Å². The van der Waals surface area contributed by atoms with Crippen molar-refractivity contribution >= 4 is 45.9 Å². The van der Waals surface area contributed by atoms with Gasteiger partial charge >= 0.3 is 0 Å². The summed E-state index contributed by atoms with van der Waals surface area (Å²) in [4.78, 5) is 31.9. The Balaban J connectivity index is 1.77. The summed E-state index contributed by atoms with van der Waals surface area (Å²) < 4.78 is 17.8. The van der Waals surface area contributed by atoms with Crippen molar-refractivity contribution in [2.75, 3.05) is 26.6 Å². The normalized spacial score (nSPS) is 11.7. The standard InChI is InChI=1S/C28H28ClN3O5S/c1-5-25(26(33)30-20-8-6-7-9-22(20)35-2)38-28-31-21-15-24(37-4)23(36-3)14-19(21)27(34)32(28)16-17-10-12-18(29)13-11-17/h6-15,25H,5,16H2,1-4H3,(H,30,33). The first-order valence-electron chi connectivity index (χ1n) is 11.9. The summed E-state index contributed by atoms with van der Waals surface area (Å²) in [5.74, 6) is 1.23. The first-order chi connectivity index (χ1) is 18.4. The zero-order chi connectivity index (χ0) is 27.2. The van der Waals surface area contributed by atoms with Crippen molar-refractivity contribution < 1.29 is 19.0 Å². The maximum absolute atomic E-state index is 13.8. The Morgan fingerprint density at radius 1 is 1.00 bits per heavy atom. The molecular weight excluding hydrogens is 526 g/mol. The second-order valence-corrected chi connectivity index (χ2v) is 9.95. The lowest BCUT2D eigenvalue weighted by Crippen LogP contribution is -2.28. The monoisotopic (exact) mass is 553 g/mol. The molecule has 0 saturated carbocycles. The van der Waals surface area contributed by atoms with E-state index in [1.165, 1.54) is 26.0 Å². The van der Waals surface area contributed by atoms with Crippen LogP contribution in [0.1, 0.15) is 18.9 Å². The number of benzene rings is 3. The molecule has 3 aromatic carbocycles. The summed E-state index contributed by atoms with van der Waals surface area (Å²) in [6.45, 7) is 2.16. The van der Waals surface area contributed by atoms with Crippen molar-refractivity contribution in [3.63, 3.8) is 0 Å². The minimum absolute atomic E-state index is 0.221.